The molecule has 26 aliphatic carbocycles. The maximum absolute atomic E-state index is 3.19. The van der Waals surface area contributed by atoms with Crippen LogP contribution in [0.2, 0.25) is 0 Å². The summed E-state index contributed by atoms with van der Waals surface area (Å²) < 4.78 is 0. The van der Waals surface area contributed by atoms with Gasteiger partial charge in [0, 0.05) is 0 Å². The summed E-state index contributed by atoms with van der Waals surface area (Å²) in [6.45, 7) is 12.7. The molecule has 0 radical (unpaired) electrons. The summed E-state index contributed by atoms with van der Waals surface area (Å²) in [6.07, 6.45) is 5.42. The van der Waals surface area contributed by atoms with Gasteiger partial charge in [0.05, 0.1) is 0 Å². The highest BCUT2D eigenvalue weighted by molar-refractivity contribution is 6.08. The third-order valence-electron chi connectivity index (χ3n) is 34.4. The van der Waals surface area contributed by atoms with E-state index < -0.39 is 0 Å². The maximum atomic E-state index is 3.19. The molecule has 0 amide bonds. The van der Waals surface area contributed by atoms with Gasteiger partial charge in [0.2, 0.25) is 0 Å². The van der Waals surface area contributed by atoms with Gasteiger partial charge in [-0.2, -0.15) is 0 Å². The van der Waals surface area contributed by atoms with E-state index in [1.54, 1.807) is 6.42 Å². The van der Waals surface area contributed by atoms with E-state index in [-0.39, 0.29) is 0 Å². The van der Waals surface area contributed by atoms with E-state index in [0.717, 1.165) is 108 Å². The maximum Gasteiger partial charge on any atom is -0.000418 e. The van der Waals surface area contributed by atoms with Crippen LogP contribution in [0.4, 0.5) is 0 Å². The summed E-state index contributed by atoms with van der Waals surface area (Å²) >= 11 is 0. The molecule has 34 unspecified atom stereocenters. The van der Waals surface area contributed by atoms with E-state index in [0.29, 0.717) is 0 Å². The Hall–Kier alpha value is 0. The number of hydrogen-bond donors (Lipinski definition) is 0. The zero-order valence-electron chi connectivity index (χ0n) is 24.2. The highest BCUT2D eigenvalue weighted by Crippen LogP contribution is 3.65. The van der Waals surface area contributed by atoms with Gasteiger partial charge < -0.3 is 0 Å². The zero-order chi connectivity index (χ0) is 24.2. The van der Waals surface area contributed by atoms with Gasteiger partial charge in [0.15, 0.2) is 0 Å². The van der Waals surface area contributed by atoms with Crippen molar-refractivity contribution in [1.29, 1.82) is 0 Å². The molecule has 26 aliphatic rings. The normalized spacial score (nSPS) is 133. The van der Waals surface area contributed by atoms with Crippen LogP contribution in [0.1, 0.15) is 47.0 Å². The van der Waals surface area contributed by atoms with Crippen molar-refractivity contribution in [2.24, 2.45) is 191 Å². The van der Waals surface area contributed by atoms with Gasteiger partial charge >= 0.3 is 0 Å². The van der Waals surface area contributed by atoms with Crippen molar-refractivity contribution in [2.45, 2.75) is 47.0 Å². The highest BCUT2D eigenvalue weighted by Gasteiger charge is 3.64. The number of hydrogen-bond acceptors (Lipinski definition) is 0. The van der Waals surface area contributed by atoms with Crippen molar-refractivity contribution in [1.82, 2.24) is 0 Å². The number of fused-ring (bicyclic) bond motifs is 11. The monoisotopic (exact) mass is 524 g/mol. The molecule has 0 heteroatoms. The molecule has 0 bridgehead atoms. The molecule has 0 N–H and O–H groups in total. The van der Waals surface area contributed by atoms with Crippen molar-refractivity contribution >= 4 is 0 Å². The molecule has 41 heavy (non-hydrogen) atoms. The molecule has 0 aromatic carbocycles. The lowest BCUT2D eigenvalue weighted by molar-refractivity contribution is -1.17. The molecule has 16 spiro atoms. The van der Waals surface area contributed by atoms with Gasteiger partial charge in [-0.05, 0) is 210 Å². The van der Waals surface area contributed by atoms with Crippen LogP contribution in [0.3, 0.4) is 0 Å². The van der Waals surface area contributed by atoms with Crippen LogP contribution in [0.5, 0.6) is 0 Å². The molecule has 26 saturated carbocycles. The first kappa shape index (κ1) is 15.1. The van der Waals surface area contributed by atoms with Crippen LogP contribution in [0.25, 0.3) is 0 Å². The minimum absolute atomic E-state index is 0.782. The van der Waals surface area contributed by atoms with Crippen molar-refractivity contribution < 1.29 is 0 Å². The third kappa shape index (κ3) is 0.332. The lowest BCUT2D eigenvalue weighted by Gasteiger charge is -3.61. The van der Waals surface area contributed by atoms with E-state index in [9.17, 15) is 0 Å². The lowest BCUT2D eigenvalue weighted by Crippen LogP contribution is -3.60. The van der Waals surface area contributed by atoms with Crippen LogP contribution in [0.15, 0.2) is 0 Å². The second kappa shape index (κ2) is 2.23. The fourth-order valence-electron chi connectivity index (χ4n) is 42.4. The Morgan fingerprint density at radius 1 is 0.317 bits per heavy atom. The van der Waals surface area contributed by atoms with Crippen LogP contribution in [0, 0.1) is 191 Å². The summed E-state index contributed by atoms with van der Waals surface area (Å²) in [5.41, 5.74) is 19.6. The zero-order valence-corrected chi connectivity index (χ0v) is 24.2. The Morgan fingerprint density at radius 3 is 1.46 bits per heavy atom. The number of rotatable bonds is 0. The van der Waals surface area contributed by atoms with Crippen molar-refractivity contribution in [3.05, 3.63) is 0 Å². The van der Waals surface area contributed by atoms with Crippen molar-refractivity contribution in [3.63, 3.8) is 0 Å². The van der Waals surface area contributed by atoms with Gasteiger partial charge in [-0.15, -0.1) is 0 Å². The van der Waals surface area contributed by atoms with Gasteiger partial charge in [0.25, 0.3) is 0 Å². The van der Waals surface area contributed by atoms with Crippen LogP contribution in [-0.2, 0) is 0 Å². The molecule has 34 atom stereocenters. The SMILES string of the molecule is CC12C3CC4C5C6C7C8CC9C%10C%11C%12C%13CC%14C%15C3C13C%151C%14%13C%12%13C%11%12C%10%11C89C78C67C45C4(C)C5(C)C2(C)C32C1%13C%121C8%11C47C521. The van der Waals surface area contributed by atoms with Crippen molar-refractivity contribution in [3.8, 4) is 0 Å². The van der Waals surface area contributed by atoms with Crippen LogP contribution in [-0.4, -0.2) is 0 Å². The van der Waals surface area contributed by atoms with E-state index in [2.05, 4.69) is 27.7 Å². The lowest BCUT2D eigenvalue weighted by atomic mass is 8.41. The quantitative estimate of drug-likeness (QED) is 0.421. The molecular weight excluding hydrogens is 492 g/mol. The second-order valence-electron chi connectivity index (χ2n) is 25.9. The summed E-state index contributed by atoms with van der Waals surface area (Å²) in [6, 6.07) is 0. The second-order valence-corrected chi connectivity index (χ2v) is 25.9. The predicted octanol–water partition coefficient (Wildman–Crippen LogP) is 4.94. The third-order valence-corrected chi connectivity index (χ3v) is 34.4. The summed E-state index contributed by atoms with van der Waals surface area (Å²) in [4.78, 5) is 0. The smallest absolute Gasteiger partial charge is 0.000418 e. The molecule has 0 aromatic rings. The Balaban J connectivity index is 1.03. The topological polar surface area (TPSA) is 0 Å². The Kier molecular flexibility index (Phi) is 0.821. The van der Waals surface area contributed by atoms with Crippen molar-refractivity contribution in [2.75, 3.05) is 0 Å². The molecule has 26 rings (SSSR count). The molecule has 0 aromatic heterocycles. The van der Waals surface area contributed by atoms with E-state index in [1.807, 2.05) is 12.8 Å². The van der Waals surface area contributed by atoms with E-state index in [4.69, 9.17) is 0 Å². The average Bonchev–Trinajstić information content (AvgIpc) is 3.47. The minimum Gasteiger partial charge on any atom is -0.0582 e. The molecule has 196 valence electrons. The van der Waals surface area contributed by atoms with Crippen LogP contribution >= 0.6 is 0 Å². The Bertz CT molecular complexity index is 2380. The van der Waals surface area contributed by atoms with Gasteiger partial charge in [0.1, 0.15) is 0 Å². The summed E-state index contributed by atoms with van der Waals surface area (Å²) in [5.74, 6) is 18.5. The predicted molar refractivity (Wildman–Crippen MR) is 134 cm³/mol. The first-order valence-electron chi connectivity index (χ1n) is 19.9. The van der Waals surface area contributed by atoms with Gasteiger partial charge in [-0.1, -0.05) is 27.7 Å². The first-order chi connectivity index (χ1) is 19.9. The molecule has 0 heterocycles. The first-order valence-corrected chi connectivity index (χ1v) is 19.9. The molecular formula is C41H32. The molecule has 0 aliphatic heterocycles. The van der Waals surface area contributed by atoms with E-state index in [1.165, 1.54) is 82.9 Å². The molecule has 26 fully saturated rings. The Labute approximate surface area is 237 Å². The van der Waals surface area contributed by atoms with Crippen LogP contribution < -0.4 is 0 Å². The minimum atomic E-state index is 0.782. The average molecular weight is 525 g/mol. The standard InChI is InChI=1S/C41H32/c1-22-8-5-9-14-20-17-11-7-13-19-21-18-12-6-10-16-15(8)29(22)30(16)26(10,12)32(18)35(21)33(19)27(11,13)31(17)34(20)28(9,14)25(4)24(3)23(22,2)36(29)38(24)37(25,34)40(31,33)41(35,38)39(30,32)36/h8-21H,5-7H2,1-4H3. The fraction of sp³-hybridized carbons (Fsp3) is 1.00. The van der Waals surface area contributed by atoms with Gasteiger partial charge in [-0.25, -0.2) is 0 Å². The molecule has 0 saturated heterocycles. The fourth-order valence-corrected chi connectivity index (χ4v) is 42.4. The Morgan fingerprint density at radius 2 is 0.780 bits per heavy atom. The molecule has 0 nitrogen and oxygen atoms in total. The van der Waals surface area contributed by atoms with Gasteiger partial charge in [-0.3, -0.25) is 0 Å². The summed E-state index contributed by atoms with van der Waals surface area (Å²) in [7, 11) is 0. The largest absolute Gasteiger partial charge is 0.0582 e. The highest BCUT2D eigenvalue weighted by atomic mass is 15.7. The van der Waals surface area contributed by atoms with E-state index >= 15 is 0 Å². The summed E-state index contributed by atoms with van der Waals surface area (Å²) in [5, 5.41) is 0.